The molecule has 0 aliphatic heterocycles. The molecule has 5 heteroatoms. The number of nitrogens with one attached hydrogen (secondary N) is 1. The van der Waals surface area contributed by atoms with E-state index in [-0.39, 0.29) is 0 Å². The van der Waals surface area contributed by atoms with Gasteiger partial charge in [-0.1, -0.05) is 33.6 Å². The molecule has 0 amide bonds. The van der Waals surface area contributed by atoms with Crippen LogP contribution in [0.2, 0.25) is 5.02 Å². The summed E-state index contributed by atoms with van der Waals surface area (Å²) in [5.74, 6) is 0.762. The van der Waals surface area contributed by atoms with Crippen LogP contribution in [0, 0.1) is 11.3 Å². The molecule has 0 atom stereocenters. The van der Waals surface area contributed by atoms with E-state index in [9.17, 15) is 0 Å². The number of anilines is 1. The molecule has 2 aromatic carbocycles. The van der Waals surface area contributed by atoms with Gasteiger partial charge in [0, 0.05) is 16.0 Å². The lowest BCUT2D eigenvalue weighted by Gasteiger charge is -2.12. The van der Waals surface area contributed by atoms with Crippen molar-refractivity contribution in [3.63, 3.8) is 0 Å². The van der Waals surface area contributed by atoms with E-state index in [1.54, 1.807) is 19.2 Å². The number of nitrogens with zero attached hydrogens (tertiary/aromatic N) is 1. The highest BCUT2D eigenvalue weighted by Gasteiger charge is 2.06. The molecule has 1 N–H and O–H groups in total. The molecule has 2 rings (SSSR count). The summed E-state index contributed by atoms with van der Waals surface area (Å²) in [7, 11) is 1.63. The molecule has 0 spiro atoms. The van der Waals surface area contributed by atoms with Crippen LogP contribution in [0.4, 0.5) is 5.69 Å². The summed E-state index contributed by atoms with van der Waals surface area (Å²) in [4.78, 5) is 0. The molecular weight excluding hydrogens is 340 g/mol. The van der Waals surface area contributed by atoms with Crippen molar-refractivity contribution >= 4 is 33.2 Å². The number of halogens is 2. The summed E-state index contributed by atoms with van der Waals surface area (Å²) in [5.41, 5.74) is 2.36. The molecule has 0 aliphatic carbocycles. The number of rotatable bonds is 4. The van der Waals surface area contributed by atoms with Crippen molar-refractivity contribution < 1.29 is 4.74 Å². The monoisotopic (exact) mass is 350 g/mol. The van der Waals surface area contributed by atoms with Crippen molar-refractivity contribution in [2.75, 3.05) is 12.4 Å². The number of benzene rings is 2. The zero-order valence-corrected chi connectivity index (χ0v) is 13.1. The quantitative estimate of drug-likeness (QED) is 0.876. The Morgan fingerprint density at radius 3 is 2.75 bits per heavy atom. The van der Waals surface area contributed by atoms with Gasteiger partial charge in [-0.05, 0) is 35.9 Å². The van der Waals surface area contributed by atoms with Crippen LogP contribution >= 0.6 is 27.5 Å². The Balaban J connectivity index is 2.17. The maximum atomic E-state index is 8.81. The van der Waals surface area contributed by atoms with Gasteiger partial charge in [-0.15, -0.1) is 0 Å². The first-order valence-electron chi connectivity index (χ1n) is 5.90. The predicted molar refractivity (Wildman–Crippen MR) is 84.2 cm³/mol. The number of methoxy groups -OCH3 is 1. The van der Waals surface area contributed by atoms with Crippen LogP contribution in [0.1, 0.15) is 11.1 Å². The van der Waals surface area contributed by atoms with Crippen LogP contribution in [-0.2, 0) is 6.54 Å². The summed E-state index contributed by atoms with van der Waals surface area (Å²) in [6.07, 6.45) is 0. The number of ether oxygens (including phenoxy) is 1. The highest BCUT2D eigenvalue weighted by Crippen LogP contribution is 2.29. The van der Waals surface area contributed by atoms with Crippen molar-refractivity contribution in [1.82, 2.24) is 0 Å². The Morgan fingerprint density at radius 1 is 1.30 bits per heavy atom. The Kier molecular flexibility index (Phi) is 4.89. The maximum Gasteiger partial charge on any atom is 0.142 e. The molecule has 0 saturated carbocycles. The molecule has 0 aromatic heterocycles. The van der Waals surface area contributed by atoms with E-state index in [2.05, 4.69) is 27.3 Å². The van der Waals surface area contributed by atoms with Gasteiger partial charge in [-0.2, -0.15) is 5.26 Å². The third kappa shape index (κ3) is 3.44. The van der Waals surface area contributed by atoms with E-state index in [0.717, 1.165) is 21.5 Å². The normalized spacial score (nSPS) is 9.90. The fourth-order valence-electron chi connectivity index (χ4n) is 1.77. The van der Waals surface area contributed by atoms with Crippen molar-refractivity contribution in [2.45, 2.75) is 6.54 Å². The molecule has 0 unspecified atom stereocenters. The minimum atomic E-state index is 0.553. The van der Waals surface area contributed by atoms with E-state index in [0.29, 0.717) is 17.1 Å². The summed E-state index contributed by atoms with van der Waals surface area (Å²) in [6, 6.07) is 13.1. The average Bonchev–Trinajstić information content (AvgIpc) is 2.46. The molecule has 0 bridgehead atoms. The fraction of sp³-hybridized carbons (Fsp3) is 0.133. The van der Waals surface area contributed by atoms with Crippen LogP contribution in [0.25, 0.3) is 0 Å². The Labute approximate surface area is 131 Å². The fourth-order valence-corrected chi connectivity index (χ4v) is 2.38. The van der Waals surface area contributed by atoms with Crippen molar-refractivity contribution in [2.24, 2.45) is 0 Å². The van der Waals surface area contributed by atoms with Gasteiger partial charge in [-0.3, -0.25) is 0 Å². The summed E-state index contributed by atoms with van der Waals surface area (Å²) in [5, 5.41) is 12.7. The van der Waals surface area contributed by atoms with Crippen molar-refractivity contribution in [3.05, 3.63) is 57.0 Å². The molecule has 2 aromatic rings. The van der Waals surface area contributed by atoms with E-state index >= 15 is 0 Å². The lowest BCUT2D eigenvalue weighted by molar-refractivity contribution is 0.416. The second-order valence-corrected chi connectivity index (χ2v) is 5.44. The first-order valence-corrected chi connectivity index (χ1v) is 7.07. The SMILES string of the molecule is COc1ccc(Br)cc1NCc1ccc(C#N)cc1Cl. The van der Waals surface area contributed by atoms with E-state index in [1.165, 1.54) is 0 Å². The second kappa shape index (κ2) is 6.65. The lowest BCUT2D eigenvalue weighted by atomic mass is 10.1. The summed E-state index contributed by atoms with van der Waals surface area (Å²) < 4.78 is 6.26. The van der Waals surface area contributed by atoms with Gasteiger partial charge in [-0.25, -0.2) is 0 Å². The van der Waals surface area contributed by atoms with Crippen LogP contribution in [0.15, 0.2) is 40.9 Å². The van der Waals surface area contributed by atoms with Crippen molar-refractivity contribution in [3.8, 4) is 11.8 Å². The number of nitriles is 1. The summed E-state index contributed by atoms with van der Waals surface area (Å²) in [6.45, 7) is 0.553. The average molecular weight is 352 g/mol. The third-order valence-corrected chi connectivity index (χ3v) is 3.66. The zero-order chi connectivity index (χ0) is 14.5. The van der Waals surface area contributed by atoms with Gasteiger partial charge >= 0.3 is 0 Å². The Hall–Kier alpha value is -1.70. The topological polar surface area (TPSA) is 45.0 Å². The largest absolute Gasteiger partial charge is 0.495 e. The van der Waals surface area contributed by atoms with Gasteiger partial charge in [0.1, 0.15) is 5.75 Å². The maximum absolute atomic E-state index is 8.81. The molecule has 0 saturated heterocycles. The minimum Gasteiger partial charge on any atom is -0.495 e. The zero-order valence-electron chi connectivity index (χ0n) is 10.8. The van der Waals surface area contributed by atoms with Crippen LogP contribution in [-0.4, -0.2) is 7.11 Å². The first-order chi connectivity index (χ1) is 9.63. The van der Waals surface area contributed by atoms with Gasteiger partial charge in [0.2, 0.25) is 0 Å². The molecule has 0 radical (unpaired) electrons. The van der Waals surface area contributed by atoms with Crippen LogP contribution < -0.4 is 10.1 Å². The third-order valence-electron chi connectivity index (χ3n) is 2.81. The lowest BCUT2D eigenvalue weighted by Crippen LogP contribution is -2.02. The number of hydrogen-bond donors (Lipinski definition) is 1. The highest BCUT2D eigenvalue weighted by atomic mass is 79.9. The second-order valence-electron chi connectivity index (χ2n) is 4.12. The Morgan fingerprint density at radius 2 is 2.10 bits per heavy atom. The van der Waals surface area contributed by atoms with Gasteiger partial charge in [0.25, 0.3) is 0 Å². The molecule has 0 aliphatic rings. The van der Waals surface area contributed by atoms with Crippen LogP contribution in [0.5, 0.6) is 5.75 Å². The molecule has 3 nitrogen and oxygen atoms in total. The van der Waals surface area contributed by atoms with Gasteiger partial charge in [0.05, 0.1) is 24.4 Å². The molecule has 20 heavy (non-hydrogen) atoms. The standard InChI is InChI=1S/C15H12BrClN2O/c1-20-15-5-4-12(16)7-14(15)19-9-11-3-2-10(8-18)6-13(11)17/h2-7,19H,9H2,1H3. The smallest absolute Gasteiger partial charge is 0.142 e. The van der Waals surface area contributed by atoms with Crippen LogP contribution in [0.3, 0.4) is 0 Å². The molecule has 0 heterocycles. The first kappa shape index (κ1) is 14.7. The molecule has 0 fully saturated rings. The number of hydrogen-bond acceptors (Lipinski definition) is 3. The van der Waals surface area contributed by atoms with Gasteiger partial charge < -0.3 is 10.1 Å². The Bertz CT molecular complexity index is 667. The predicted octanol–water partition coefficient (Wildman–Crippen LogP) is 4.59. The van der Waals surface area contributed by atoms with E-state index in [1.807, 2.05) is 24.3 Å². The molecular formula is C15H12BrClN2O. The van der Waals surface area contributed by atoms with Gasteiger partial charge in [0.15, 0.2) is 0 Å². The van der Waals surface area contributed by atoms with Crippen molar-refractivity contribution in [1.29, 1.82) is 5.26 Å². The summed E-state index contributed by atoms with van der Waals surface area (Å²) >= 11 is 9.58. The van der Waals surface area contributed by atoms with E-state index in [4.69, 9.17) is 21.6 Å². The molecule has 102 valence electrons. The van der Waals surface area contributed by atoms with E-state index < -0.39 is 0 Å². The highest BCUT2D eigenvalue weighted by molar-refractivity contribution is 9.10. The minimum absolute atomic E-state index is 0.553.